The summed E-state index contributed by atoms with van der Waals surface area (Å²) >= 11 is 0. The zero-order valence-electron chi connectivity index (χ0n) is 19.9. The number of anilines is 1. The van der Waals surface area contributed by atoms with E-state index in [9.17, 15) is 4.79 Å². The highest BCUT2D eigenvalue weighted by Crippen LogP contribution is 2.27. The summed E-state index contributed by atoms with van der Waals surface area (Å²) in [6.07, 6.45) is 15.0. The lowest BCUT2D eigenvalue weighted by atomic mass is 9.87. The van der Waals surface area contributed by atoms with Crippen LogP contribution in [0, 0.1) is 10.8 Å². The van der Waals surface area contributed by atoms with Crippen molar-refractivity contribution < 1.29 is 6.22 Å². The summed E-state index contributed by atoms with van der Waals surface area (Å²) in [5, 5.41) is 20.0. The normalized spacial score (nSPS) is 21.9. The summed E-state index contributed by atoms with van der Waals surface area (Å²) in [6, 6.07) is 3.66. The molecule has 1 amide bonds. The smallest absolute Gasteiger partial charge is 0.270 e. The number of carbonyl (C=O) groups excluding carboxylic acids is 1. The molecule has 3 N–H and O–H groups in total. The van der Waals surface area contributed by atoms with Gasteiger partial charge in [-0.1, -0.05) is 18.2 Å². The van der Waals surface area contributed by atoms with E-state index >= 15 is 0 Å². The minimum Gasteiger partial charge on any atom is -0.342 e. The van der Waals surface area contributed by atoms with Gasteiger partial charge in [0.1, 0.15) is 17.4 Å². The highest BCUT2D eigenvalue weighted by molar-refractivity contribution is 6.07. The van der Waals surface area contributed by atoms with Crippen LogP contribution >= 0.6 is 0 Å². The second-order valence-electron chi connectivity index (χ2n) is 9.56. The Balaban J connectivity index is 0.00000304. The van der Waals surface area contributed by atoms with Crippen molar-refractivity contribution in [2.24, 2.45) is 0 Å². The number of nitrogens with one attached hydrogen (secondary N) is 3. The van der Waals surface area contributed by atoms with Crippen molar-refractivity contribution in [1.29, 1.82) is 10.8 Å². The molecule has 9 nitrogen and oxygen atoms in total. The molecule has 2 aromatic heterocycles. The van der Waals surface area contributed by atoms with E-state index in [0.29, 0.717) is 49.2 Å². The maximum absolute atomic E-state index is 13.2. The average Bonchev–Trinajstić information content (AvgIpc) is 2.88. The Morgan fingerprint density at radius 2 is 1.97 bits per heavy atom. The lowest BCUT2D eigenvalue weighted by molar-refractivity contribution is 0.0917. The fourth-order valence-electron chi connectivity index (χ4n) is 4.90. The number of carbonyl (C=O) groups is 1. The van der Waals surface area contributed by atoms with Crippen molar-refractivity contribution in [3.05, 3.63) is 71.3 Å². The lowest BCUT2D eigenvalue weighted by Crippen LogP contribution is -2.48. The number of fused-ring (bicyclic) bond motifs is 1. The summed E-state index contributed by atoms with van der Waals surface area (Å²) in [7, 11) is 0. The fourth-order valence-corrected chi connectivity index (χ4v) is 4.90. The van der Waals surface area contributed by atoms with Gasteiger partial charge >= 0.3 is 0 Å². The fraction of sp³-hybridized carbons (Fsp3) is 0.385. The largest absolute Gasteiger partial charge is 0.342 e. The molecule has 1 aliphatic carbocycles. The highest BCUT2D eigenvalue weighted by Gasteiger charge is 2.32. The van der Waals surface area contributed by atoms with E-state index in [4.69, 9.17) is 10.8 Å². The number of rotatable bonds is 4. The molecule has 1 saturated heterocycles. The van der Waals surface area contributed by atoms with E-state index in [1.54, 1.807) is 29.6 Å². The summed E-state index contributed by atoms with van der Waals surface area (Å²) in [6.45, 7) is 4.09. The first-order valence-electron chi connectivity index (χ1n) is 12.1. The molecule has 1 atom stereocenters. The Labute approximate surface area is 206 Å². The standard InChI is InChI=1S/C26H30N8O.H2/c1-26(9-4-6-18(15-26)23(28)34-12-3-2-7-22(34)27)32-24(35)21-14-20-17-33(13-8-19(20)16-31-21)25-29-10-5-11-30-25;/h4-6,9-11,14,16,27-28H,2-3,7-8,12-13,15,17H2,1H3,(H,32,35);1H. The predicted octanol–water partition coefficient (Wildman–Crippen LogP) is 3.50. The van der Waals surface area contributed by atoms with Crippen molar-refractivity contribution in [3.63, 3.8) is 0 Å². The molecule has 1 unspecified atom stereocenters. The Bertz CT molecular complexity index is 1230. The Kier molecular flexibility index (Phi) is 6.15. The molecule has 182 valence electrons. The number of piperidine rings is 1. The molecule has 0 bridgehead atoms. The van der Waals surface area contributed by atoms with Gasteiger partial charge in [0.2, 0.25) is 5.95 Å². The van der Waals surface area contributed by atoms with Crippen molar-refractivity contribution in [2.75, 3.05) is 18.0 Å². The highest BCUT2D eigenvalue weighted by atomic mass is 16.2. The molecule has 4 heterocycles. The maximum atomic E-state index is 13.2. The molecule has 3 aliphatic rings. The van der Waals surface area contributed by atoms with Gasteiger partial charge in [-0.15, -0.1) is 0 Å². The van der Waals surface area contributed by atoms with Crippen LogP contribution in [0.25, 0.3) is 0 Å². The second-order valence-corrected chi connectivity index (χ2v) is 9.56. The molecule has 0 saturated carbocycles. The Morgan fingerprint density at radius 3 is 2.77 bits per heavy atom. The zero-order chi connectivity index (χ0) is 24.4. The summed E-state index contributed by atoms with van der Waals surface area (Å²) in [5.41, 5.74) is 2.74. The maximum Gasteiger partial charge on any atom is 0.270 e. The van der Waals surface area contributed by atoms with E-state index in [1.807, 2.05) is 31.2 Å². The number of pyridine rings is 1. The van der Waals surface area contributed by atoms with Gasteiger partial charge in [0.05, 0.1) is 5.54 Å². The first-order chi connectivity index (χ1) is 16.9. The Hall–Kier alpha value is -3.88. The van der Waals surface area contributed by atoms with Crippen LogP contribution < -0.4 is 10.2 Å². The molecule has 0 aromatic carbocycles. The number of likely N-dealkylation sites (tertiary alicyclic amines) is 1. The van der Waals surface area contributed by atoms with Crippen molar-refractivity contribution in [3.8, 4) is 0 Å². The van der Waals surface area contributed by atoms with Crippen LogP contribution in [-0.2, 0) is 13.0 Å². The number of amides is 1. The number of hydrogen-bond donors (Lipinski definition) is 3. The SMILES string of the molecule is CC1(NC(=O)c2cc3c(cn2)CCN(c2ncccn2)C3)C=CC=C(C(=N)N2CCCCC2=N)C1.[HH]. The zero-order valence-corrected chi connectivity index (χ0v) is 19.9. The van der Waals surface area contributed by atoms with Crippen molar-refractivity contribution >= 4 is 23.5 Å². The van der Waals surface area contributed by atoms with Crippen LogP contribution in [0.2, 0.25) is 0 Å². The van der Waals surface area contributed by atoms with Gasteiger partial charge in [0, 0.05) is 52.5 Å². The van der Waals surface area contributed by atoms with Crippen LogP contribution in [0.3, 0.4) is 0 Å². The van der Waals surface area contributed by atoms with Crippen LogP contribution in [0.4, 0.5) is 5.95 Å². The molecule has 0 spiro atoms. The van der Waals surface area contributed by atoms with Crippen molar-refractivity contribution in [2.45, 2.75) is 51.1 Å². The van der Waals surface area contributed by atoms with Gasteiger partial charge in [-0.2, -0.15) is 0 Å². The number of hydrogen-bond acceptors (Lipinski definition) is 7. The number of nitrogens with zero attached hydrogens (tertiary/aromatic N) is 5. The first kappa shape index (κ1) is 22.9. The monoisotopic (exact) mass is 472 g/mol. The molecule has 35 heavy (non-hydrogen) atoms. The van der Waals surface area contributed by atoms with Crippen LogP contribution in [0.5, 0.6) is 0 Å². The van der Waals surface area contributed by atoms with Gasteiger partial charge in [-0.05, 0) is 55.0 Å². The third kappa shape index (κ3) is 4.84. The average molecular weight is 473 g/mol. The number of aromatic nitrogens is 3. The third-order valence-electron chi connectivity index (χ3n) is 6.83. The van der Waals surface area contributed by atoms with E-state index < -0.39 is 5.54 Å². The molecule has 2 aliphatic heterocycles. The van der Waals surface area contributed by atoms with Gasteiger partial charge < -0.3 is 15.1 Å². The topological polar surface area (TPSA) is 122 Å². The quantitative estimate of drug-likeness (QED) is 0.462. The van der Waals surface area contributed by atoms with Gasteiger partial charge in [0.15, 0.2) is 0 Å². The van der Waals surface area contributed by atoms with E-state index in [-0.39, 0.29) is 7.33 Å². The minimum atomic E-state index is -0.646. The molecule has 1 fully saturated rings. The lowest BCUT2D eigenvalue weighted by Gasteiger charge is -2.35. The van der Waals surface area contributed by atoms with E-state index in [1.165, 1.54) is 0 Å². The molecular formula is C26H32N8O. The van der Waals surface area contributed by atoms with Gasteiger partial charge in [-0.3, -0.25) is 20.6 Å². The van der Waals surface area contributed by atoms with E-state index in [2.05, 4.69) is 25.2 Å². The van der Waals surface area contributed by atoms with Crippen molar-refractivity contribution in [1.82, 2.24) is 25.2 Å². The number of amidine groups is 2. The van der Waals surface area contributed by atoms with Crippen LogP contribution in [-0.4, -0.2) is 56.1 Å². The van der Waals surface area contributed by atoms with Gasteiger partial charge in [0.25, 0.3) is 5.91 Å². The molecule has 2 aromatic rings. The van der Waals surface area contributed by atoms with E-state index in [0.717, 1.165) is 42.5 Å². The molecular weight excluding hydrogens is 440 g/mol. The first-order valence-corrected chi connectivity index (χ1v) is 12.1. The Morgan fingerprint density at radius 1 is 1.14 bits per heavy atom. The molecule has 0 radical (unpaired) electrons. The predicted molar refractivity (Wildman–Crippen MR) is 137 cm³/mol. The molecule has 9 heteroatoms. The minimum absolute atomic E-state index is 0. The summed E-state index contributed by atoms with van der Waals surface area (Å²) in [4.78, 5) is 30.3. The van der Waals surface area contributed by atoms with Crippen LogP contribution in [0.15, 0.2) is 54.5 Å². The number of allylic oxidation sites excluding steroid dienone is 2. The van der Waals surface area contributed by atoms with Gasteiger partial charge in [-0.25, -0.2) is 9.97 Å². The summed E-state index contributed by atoms with van der Waals surface area (Å²) < 4.78 is 0. The third-order valence-corrected chi connectivity index (χ3v) is 6.83. The second kappa shape index (κ2) is 9.40. The summed E-state index contributed by atoms with van der Waals surface area (Å²) in [5.74, 6) is 1.29. The molecule has 5 rings (SSSR count). The van der Waals surface area contributed by atoms with Crippen LogP contribution in [0.1, 0.15) is 55.6 Å².